The zero-order valence-electron chi connectivity index (χ0n) is 17.6. The van der Waals surface area contributed by atoms with Crippen molar-refractivity contribution in [2.24, 2.45) is 0 Å². The minimum Gasteiger partial charge on any atom is -0.380 e. The zero-order chi connectivity index (χ0) is 21.4. The smallest absolute Gasteiger partial charge is 0.283 e. The fraction of sp³-hybridized carbons (Fsp3) is 0.409. The van der Waals surface area contributed by atoms with Crippen molar-refractivity contribution in [3.05, 3.63) is 48.7 Å². The summed E-state index contributed by atoms with van der Waals surface area (Å²) in [6, 6.07) is 13.0. The Morgan fingerprint density at radius 1 is 1.03 bits per heavy atom. The number of nitrogens with one attached hydrogen (secondary N) is 1. The molecule has 8 nitrogen and oxygen atoms in total. The van der Waals surface area contributed by atoms with E-state index < -0.39 is 10.0 Å². The van der Waals surface area contributed by atoms with Crippen molar-refractivity contribution in [2.45, 2.75) is 17.4 Å². The summed E-state index contributed by atoms with van der Waals surface area (Å²) in [6.07, 6.45) is 2.73. The fourth-order valence-electron chi connectivity index (χ4n) is 4.39. The van der Waals surface area contributed by atoms with E-state index in [2.05, 4.69) is 20.2 Å². The summed E-state index contributed by atoms with van der Waals surface area (Å²) in [5.41, 5.74) is 2.50. The van der Waals surface area contributed by atoms with Gasteiger partial charge in [0.1, 0.15) is 0 Å². The average molecular weight is 442 g/mol. The van der Waals surface area contributed by atoms with E-state index in [-0.39, 0.29) is 11.0 Å². The number of fused-ring (bicyclic) bond motifs is 1. The molecule has 0 saturated carbocycles. The van der Waals surface area contributed by atoms with Crippen molar-refractivity contribution in [3.8, 4) is 0 Å². The second kappa shape index (κ2) is 8.14. The minimum absolute atomic E-state index is 0.179. The predicted octanol–water partition coefficient (Wildman–Crippen LogP) is 1.91. The molecule has 0 radical (unpaired) electrons. The summed E-state index contributed by atoms with van der Waals surface area (Å²) in [7, 11) is -2.11. The van der Waals surface area contributed by atoms with Gasteiger partial charge in [-0.15, -0.1) is 0 Å². The summed E-state index contributed by atoms with van der Waals surface area (Å²) in [4.78, 5) is 4.67. The van der Waals surface area contributed by atoms with Crippen molar-refractivity contribution in [3.63, 3.8) is 0 Å². The van der Waals surface area contributed by atoms with Crippen LogP contribution in [-0.4, -0.2) is 70.1 Å². The Labute approximate surface area is 182 Å². The van der Waals surface area contributed by atoms with E-state index in [4.69, 9.17) is 4.74 Å². The van der Waals surface area contributed by atoms with E-state index in [1.54, 1.807) is 31.5 Å². The molecule has 2 aliphatic rings. The van der Waals surface area contributed by atoms with Crippen LogP contribution in [0.1, 0.15) is 6.42 Å². The maximum Gasteiger partial charge on any atom is 0.283 e. The van der Waals surface area contributed by atoms with Gasteiger partial charge in [-0.1, -0.05) is 6.07 Å². The molecular formula is C22H27N5O3S. The third kappa shape index (κ3) is 3.77. The molecule has 1 aromatic heterocycles. The van der Waals surface area contributed by atoms with Crippen LogP contribution >= 0.6 is 0 Å². The normalized spacial score (nSPS) is 20.0. The highest BCUT2D eigenvalue weighted by molar-refractivity contribution is 7.90. The number of hydrogen-bond donors (Lipinski definition) is 1. The molecule has 31 heavy (non-hydrogen) atoms. The highest BCUT2D eigenvalue weighted by Gasteiger charge is 2.25. The molecule has 3 aromatic rings. The lowest BCUT2D eigenvalue weighted by atomic mass is 10.2. The number of nitrogens with zero attached hydrogens (tertiary/aromatic N) is 4. The Hall–Kier alpha value is -2.62. The highest BCUT2D eigenvalue weighted by Crippen LogP contribution is 2.28. The van der Waals surface area contributed by atoms with Crippen LogP contribution in [0.4, 0.5) is 11.4 Å². The number of rotatable bonds is 5. The number of anilines is 2. The van der Waals surface area contributed by atoms with Crippen LogP contribution in [0.2, 0.25) is 0 Å². The summed E-state index contributed by atoms with van der Waals surface area (Å²) in [5, 5.41) is 8.39. The first kappa shape index (κ1) is 20.3. The van der Waals surface area contributed by atoms with Crippen LogP contribution in [0.3, 0.4) is 0 Å². The topological polar surface area (TPSA) is 79.7 Å². The fourth-order valence-corrected chi connectivity index (χ4v) is 5.70. The average Bonchev–Trinajstić information content (AvgIpc) is 3.47. The molecule has 1 N–H and O–H groups in total. The molecule has 164 valence electrons. The van der Waals surface area contributed by atoms with Gasteiger partial charge in [-0.3, -0.25) is 0 Å². The van der Waals surface area contributed by atoms with E-state index in [0.29, 0.717) is 5.52 Å². The van der Waals surface area contributed by atoms with Crippen molar-refractivity contribution in [1.29, 1.82) is 0 Å². The van der Waals surface area contributed by atoms with Gasteiger partial charge in [0, 0.05) is 63.1 Å². The quantitative estimate of drug-likeness (QED) is 0.648. The SMILES string of the molecule is COC1CCN(c2cccc(S(=O)(=O)n3ncc4ccc(N5CCNCC5)cc43)c2)C1. The molecule has 2 aromatic carbocycles. The first-order chi connectivity index (χ1) is 15.1. The number of hydrogen-bond acceptors (Lipinski definition) is 7. The standard InChI is InChI=1S/C22H27N5O3S/c1-30-20-7-10-26(16-20)18-3-2-4-21(13-18)31(28,29)27-22-14-19(6-5-17(22)15-24-27)25-11-8-23-9-12-25/h2-6,13-15,20,23H,7-12,16H2,1H3. The number of piperazine rings is 1. The van der Waals surface area contributed by atoms with Crippen LogP contribution in [0.15, 0.2) is 53.6 Å². The van der Waals surface area contributed by atoms with Gasteiger partial charge in [0.15, 0.2) is 0 Å². The van der Waals surface area contributed by atoms with Gasteiger partial charge < -0.3 is 19.9 Å². The third-order valence-electron chi connectivity index (χ3n) is 6.19. The van der Waals surface area contributed by atoms with Gasteiger partial charge in [-0.25, -0.2) is 0 Å². The van der Waals surface area contributed by atoms with Gasteiger partial charge in [0.05, 0.1) is 22.7 Å². The molecular weight excluding hydrogens is 414 g/mol. The molecule has 5 rings (SSSR count). The van der Waals surface area contributed by atoms with Crippen LogP contribution in [-0.2, 0) is 14.8 Å². The molecule has 0 amide bonds. The van der Waals surface area contributed by atoms with E-state index in [0.717, 1.165) is 66.5 Å². The monoisotopic (exact) mass is 441 g/mol. The van der Waals surface area contributed by atoms with E-state index in [1.807, 2.05) is 24.3 Å². The molecule has 3 heterocycles. The van der Waals surface area contributed by atoms with Gasteiger partial charge in [-0.05, 0) is 42.8 Å². The zero-order valence-corrected chi connectivity index (χ0v) is 18.4. The number of benzene rings is 2. The van der Waals surface area contributed by atoms with Crippen molar-refractivity contribution < 1.29 is 13.2 Å². The van der Waals surface area contributed by atoms with E-state index in [9.17, 15) is 8.42 Å². The molecule has 1 unspecified atom stereocenters. The molecule has 0 bridgehead atoms. The first-order valence-corrected chi connectivity index (χ1v) is 12.1. The van der Waals surface area contributed by atoms with Gasteiger partial charge in [0.2, 0.25) is 0 Å². The van der Waals surface area contributed by atoms with E-state index >= 15 is 0 Å². The van der Waals surface area contributed by atoms with Crippen LogP contribution < -0.4 is 15.1 Å². The summed E-state index contributed by atoms with van der Waals surface area (Å²) >= 11 is 0. The summed E-state index contributed by atoms with van der Waals surface area (Å²) in [5.74, 6) is 0. The van der Waals surface area contributed by atoms with E-state index in [1.165, 1.54) is 0 Å². The molecule has 1 atom stereocenters. The Morgan fingerprint density at radius 3 is 2.61 bits per heavy atom. The lowest BCUT2D eigenvalue weighted by molar-refractivity contribution is 0.121. The molecule has 9 heteroatoms. The highest BCUT2D eigenvalue weighted by atomic mass is 32.2. The number of methoxy groups -OCH3 is 1. The Bertz CT molecular complexity index is 1190. The Kier molecular flexibility index (Phi) is 5.33. The second-order valence-corrected chi connectivity index (χ2v) is 9.83. The van der Waals surface area contributed by atoms with Gasteiger partial charge in [-0.2, -0.15) is 17.6 Å². The number of aromatic nitrogens is 2. The lowest BCUT2D eigenvalue weighted by Crippen LogP contribution is -2.43. The Morgan fingerprint density at radius 2 is 1.84 bits per heavy atom. The number of ether oxygens (including phenoxy) is 1. The van der Waals surface area contributed by atoms with Crippen molar-refractivity contribution >= 4 is 32.3 Å². The molecule has 2 fully saturated rings. The predicted molar refractivity (Wildman–Crippen MR) is 121 cm³/mol. The Balaban J connectivity index is 1.50. The minimum atomic E-state index is -3.82. The first-order valence-electron chi connectivity index (χ1n) is 10.6. The molecule has 0 aliphatic carbocycles. The van der Waals surface area contributed by atoms with Gasteiger partial charge in [0.25, 0.3) is 10.0 Å². The molecule has 2 saturated heterocycles. The molecule has 2 aliphatic heterocycles. The largest absolute Gasteiger partial charge is 0.380 e. The lowest BCUT2D eigenvalue weighted by Gasteiger charge is -2.29. The summed E-state index contributed by atoms with van der Waals surface area (Å²) in [6.45, 7) is 5.24. The maximum absolute atomic E-state index is 13.5. The molecule has 0 spiro atoms. The summed E-state index contributed by atoms with van der Waals surface area (Å²) < 4.78 is 33.6. The van der Waals surface area contributed by atoms with Crippen molar-refractivity contribution in [2.75, 3.05) is 56.2 Å². The van der Waals surface area contributed by atoms with Crippen LogP contribution in [0, 0.1) is 0 Å². The maximum atomic E-state index is 13.5. The van der Waals surface area contributed by atoms with Crippen LogP contribution in [0.25, 0.3) is 10.9 Å². The third-order valence-corrected chi connectivity index (χ3v) is 7.79. The van der Waals surface area contributed by atoms with Gasteiger partial charge >= 0.3 is 0 Å². The van der Waals surface area contributed by atoms with Crippen molar-refractivity contribution in [1.82, 2.24) is 14.5 Å². The second-order valence-electron chi connectivity index (χ2n) is 8.06. The van der Waals surface area contributed by atoms with Crippen LogP contribution in [0.5, 0.6) is 0 Å².